The highest BCUT2D eigenvalue weighted by Gasteiger charge is 2.31. The van der Waals surface area contributed by atoms with Crippen molar-refractivity contribution in [3.63, 3.8) is 0 Å². The number of nitrogens with zero attached hydrogens (tertiary/aromatic N) is 1. The van der Waals surface area contributed by atoms with Gasteiger partial charge >= 0.3 is 0 Å². The third kappa shape index (κ3) is 3.93. The third-order valence-corrected chi connectivity index (χ3v) is 4.54. The standard InChI is InChI=1S/C15H26N2O2/c18-15(16-13-6-7-13)12-4-3-8-17(10-12)11-14-5-1-2-9-19-14/h12-14H,1-11H2,(H,16,18)/t12-,14-/m0/s1. The highest BCUT2D eigenvalue weighted by molar-refractivity contribution is 5.79. The van der Waals surface area contributed by atoms with Crippen LogP contribution in [0.25, 0.3) is 0 Å². The highest BCUT2D eigenvalue weighted by Crippen LogP contribution is 2.23. The number of hydrogen-bond acceptors (Lipinski definition) is 3. The van der Waals surface area contributed by atoms with Crippen molar-refractivity contribution in [2.75, 3.05) is 26.2 Å². The molecule has 0 spiro atoms. The summed E-state index contributed by atoms with van der Waals surface area (Å²) in [4.78, 5) is 14.6. The number of carbonyl (C=O) groups is 1. The summed E-state index contributed by atoms with van der Waals surface area (Å²) in [7, 11) is 0. The molecular weight excluding hydrogens is 240 g/mol. The maximum absolute atomic E-state index is 12.1. The fraction of sp³-hybridized carbons (Fsp3) is 0.933. The average molecular weight is 266 g/mol. The van der Waals surface area contributed by atoms with Gasteiger partial charge in [0.15, 0.2) is 0 Å². The molecule has 4 heteroatoms. The van der Waals surface area contributed by atoms with E-state index in [1.165, 1.54) is 32.1 Å². The van der Waals surface area contributed by atoms with Crippen LogP contribution in [0.1, 0.15) is 44.9 Å². The van der Waals surface area contributed by atoms with E-state index in [1.807, 2.05) is 0 Å². The van der Waals surface area contributed by atoms with Crippen molar-refractivity contribution in [3.8, 4) is 0 Å². The van der Waals surface area contributed by atoms with Gasteiger partial charge in [0.25, 0.3) is 0 Å². The van der Waals surface area contributed by atoms with Crippen LogP contribution in [-0.4, -0.2) is 49.2 Å². The Kier molecular flexibility index (Phi) is 4.38. The molecule has 0 aromatic carbocycles. The normalized spacial score (nSPS) is 33.1. The smallest absolute Gasteiger partial charge is 0.224 e. The predicted molar refractivity (Wildman–Crippen MR) is 73.9 cm³/mol. The number of amides is 1. The van der Waals surface area contributed by atoms with Gasteiger partial charge < -0.3 is 10.1 Å². The van der Waals surface area contributed by atoms with Gasteiger partial charge in [0.05, 0.1) is 12.0 Å². The number of piperidine rings is 1. The van der Waals surface area contributed by atoms with Gasteiger partial charge in [-0.05, 0) is 51.5 Å². The van der Waals surface area contributed by atoms with E-state index >= 15 is 0 Å². The van der Waals surface area contributed by atoms with Crippen molar-refractivity contribution < 1.29 is 9.53 Å². The second-order valence-corrected chi connectivity index (χ2v) is 6.37. The van der Waals surface area contributed by atoms with E-state index in [0.29, 0.717) is 12.1 Å². The van der Waals surface area contributed by atoms with E-state index in [2.05, 4.69) is 10.2 Å². The predicted octanol–water partition coefficient (Wildman–Crippen LogP) is 1.55. The van der Waals surface area contributed by atoms with Gasteiger partial charge in [-0.2, -0.15) is 0 Å². The van der Waals surface area contributed by atoms with Gasteiger partial charge in [-0.3, -0.25) is 9.69 Å². The van der Waals surface area contributed by atoms with Gasteiger partial charge in [-0.1, -0.05) is 0 Å². The molecule has 2 aliphatic heterocycles. The van der Waals surface area contributed by atoms with Gasteiger partial charge in [0.1, 0.15) is 0 Å². The summed E-state index contributed by atoms with van der Waals surface area (Å²) >= 11 is 0. The molecule has 3 aliphatic rings. The molecule has 4 nitrogen and oxygen atoms in total. The van der Waals surface area contributed by atoms with Gasteiger partial charge in [0.2, 0.25) is 5.91 Å². The lowest BCUT2D eigenvalue weighted by Gasteiger charge is -2.35. The summed E-state index contributed by atoms with van der Waals surface area (Å²) < 4.78 is 5.81. The van der Waals surface area contributed by atoms with Crippen LogP contribution in [0.3, 0.4) is 0 Å². The summed E-state index contributed by atoms with van der Waals surface area (Å²) in [6.45, 7) is 4.00. The fourth-order valence-electron chi connectivity index (χ4n) is 3.22. The second-order valence-electron chi connectivity index (χ2n) is 6.37. The van der Waals surface area contributed by atoms with E-state index < -0.39 is 0 Å². The van der Waals surface area contributed by atoms with Crippen LogP contribution >= 0.6 is 0 Å². The van der Waals surface area contributed by atoms with Crippen molar-refractivity contribution in [1.29, 1.82) is 0 Å². The van der Waals surface area contributed by atoms with Gasteiger partial charge in [0, 0.05) is 25.7 Å². The number of rotatable bonds is 4. The zero-order valence-corrected chi connectivity index (χ0v) is 11.8. The number of likely N-dealkylation sites (tertiary alicyclic amines) is 1. The Hall–Kier alpha value is -0.610. The zero-order chi connectivity index (χ0) is 13.1. The van der Waals surface area contributed by atoms with E-state index in [0.717, 1.165) is 39.1 Å². The van der Waals surface area contributed by atoms with Crippen LogP contribution < -0.4 is 5.32 Å². The lowest BCUT2D eigenvalue weighted by molar-refractivity contribution is -0.127. The minimum Gasteiger partial charge on any atom is -0.377 e. The molecular formula is C15H26N2O2. The first-order valence-electron chi connectivity index (χ1n) is 7.95. The third-order valence-electron chi connectivity index (χ3n) is 4.54. The molecule has 0 aromatic heterocycles. The molecule has 1 N–H and O–H groups in total. The summed E-state index contributed by atoms with van der Waals surface area (Å²) in [6, 6.07) is 0.490. The first kappa shape index (κ1) is 13.4. The fourth-order valence-corrected chi connectivity index (χ4v) is 3.22. The topological polar surface area (TPSA) is 41.6 Å². The number of carbonyl (C=O) groups excluding carboxylic acids is 1. The molecule has 1 amide bonds. The minimum atomic E-state index is 0.206. The number of nitrogens with one attached hydrogen (secondary N) is 1. The van der Waals surface area contributed by atoms with Crippen molar-refractivity contribution in [3.05, 3.63) is 0 Å². The molecule has 19 heavy (non-hydrogen) atoms. The monoisotopic (exact) mass is 266 g/mol. The summed E-state index contributed by atoms with van der Waals surface area (Å²) in [5.41, 5.74) is 0. The Morgan fingerprint density at radius 1 is 1.16 bits per heavy atom. The highest BCUT2D eigenvalue weighted by atomic mass is 16.5. The van der Waals surface area contributed by atoms with Crippen LogP contribution in [0.4, 0.5) is 0 Å². The zero-order valence-electron chi connectivity index (χ0n) is 11.8. The Morgan fingerprint density at radius 3 is 2.79 bits per heavy atom. The van der Waals surface area contributed by atoms with Crippen LogP contribution in [0.15, 0.2) is 0 Å². The van der Waals surface area contributed by atoms with Crippen LogP contribution in [0.2, 0.25) is 0 Å². The van der Waals surface area contributed by atoms with Gasteiger partial charge in [-0.15, -0.1) is 0 Å². The largest absolute Gasteiger partial charge is 0.377 e. The Morgan fingerprint density at radius 2 is 2.05 bits per heavy atom. The maximum Gasteiger partial charge on any atom is 0.224 e. The lowest BCUT2D eigenvalue weighted by atomic mass is 9.96. The molecule has 0 bridgehead atoms. The molecule has 0 aromatic rings. The van der Waals surface area contributed by atoms with Crippen molar-refractivity contribution in [2.24, 2.45) is 5.92 Å². The summed E-state index contributed by atoms with van der Waals surface area (Å²) in [5.74, 6) is 0.495. The molecule has 0 unspecified atom stereocenters. The average Bonchev–Trinajstić information content (AvgIpc) is 3.24. The van der Waals surface area contributed by atoms with Crippen LogP contribution in [0, 0.1) is 5.92 Å². The van der Waals surface area contributed by atoms with Crippen molar-refractivity contribution in [1.82, 2.24) is 10.2 Å². The molecule has 2 atom stereocenters. The molecule has 3 rings (SSSR count). The van der Waals surface area contributed by atoms with Crippen molar-refractivity contribution in [2.45, 2.75) is 57.1 Å². The molecule has 1 aliphatic carbocycles. The van der Waals surface area contributed by atoms with E-state index in [-0.39, 0.29) is 11.8 Å². The van der Waals surface area contributed by atoms with E-state index in [4.69, 9.17) is 4.74 Å². The summed E-state index contributed by atoms with van der Waals surface area (Å²) in [5, 5.41) is 3.15. The van der Waals surface area contributed by atoms with Crippen LogP contribution in [0.5, 0.6) is 0 Å². The van der Waals surface area contributed by atoms with E-state index in [9.17, 15) is 4.79 Å². The quantitative estimate of drug-likeness (QED) is 0.839. The molecule has 1 saturated carbocycles. The number of hydrogen-bond donors (Lipinski definition) is 1. The van der Waals surface area contributed by atoms with Gasteiger partial charge in [-0.25, -0.2) is 0 Å². The van der Waals surface area contributed by atoms with Crippen LogP contribution in [-0.2, 0) is 9.53 Å². The first-order chi connectivity index (χ1) is 9.31. The SMILES string of the molecule is O=C(NC1CC1)[C@H]1CCCN(C[C@@H]2CCCCO2)C1. The molecule has 2 saturated heterocycles. The molecule has 0 radical (unpaired) electrons. The lowest BCUT2D eigenvalue weighted by Crippen LogP contribution is -2.46. The maximum atomic E-state index is 12.1. The molecule has 108 valence electrons. The van der Waals surface area contributed by atoms with E-state index in [1.54, 1.807) is 0 Å². The number of ether oxygens (including phenoxy) is 1. The Balaban J connectivity index is 1.45. The first-order valence-corrected chi connectivity index (χ1v) is 7.95. The Labute approximate surface area is 115 Å². The molecule has 3 fully saturated rings. The van der Waals surface area contributed by atoms with Crippen molar-refractivity contribution >= 4 is 5.91 Å². The summed E-state index contributed by atoms with van der Waals surface area (Å²) in [6.07, 6.45) is 8.66. The Bertz CT molecular complexity index is 311. The second kappa shape index (κ2) is 6.23. The minimum absolute atomic E-state index is 0.206. The molecule has 2 heterocycles.